The van der Waals surface area contributed by atoms with Crippen LogP contribution in [0, 0.1) is 0 Å². The number of fused-ring (bicyclic) bond motifs is 1. The molecule has 0 amide bonds. The van der Waals surface area contributed by atoms with Crippen LogP contribution in [0.25, 0.3) is 10.3 Å². The number of anilines is 1. The maximum absolute atomic E-state index is 13.1. The van der Waals surface area contributed by atoms with Crippen molar-refractivity contribution in [3.8, 4) is 11.6 Å². The fourth-order valence-electron chi connectivity index (χ4n) is 3.57. The number of hydrogen-bond acceptors (Lipinski definition) is 10. The maximum Gasteiger partial charge on any atom is 0.573 e. The van der Waals surface area contributed by atoms with Crippen molar-refractivity contribution in [1.29, 1.82) is 0 Å². The van der Waals surface area contributed by atoms with Gasteiger partial charge in [-0.3, -0.25) is 4.79 Å². The van der Waals surface area contributed by atoms with Gasteiger partial charge in [-0.15, -0.1) is 13.2 Å². The number of methoxy groups -OCH3 is 1. The van der Waals surface area contributed by atoms with Crippen molar-refractivity contribution >= 4 is 42.8 Å². The van der Waals surface area contributed by atoms with Crippen molar-refractivity contribution in [1.82, 2.24) is 19.3 Å². The first-order valence-corrected chi connectivity index (χ1v) is 12.5. The molecule has 1 aliphatic heterocycles. The molecule has 0 aliphatic carbocycles. The lowest BCUT2D eigenvalue weighted by molar-refractivity contribution is -0.274. The quantitative estimate of drug-likeness (QED) is 0.429. The van der Waals surface area contributed by atoms with Crippen molar-refractivity contribution in [3.63, 3.8) is 0 Å². The van der Waals surface area contributed by atoms with Gasteiger partial charge in [-0.05, 0) is 24.3 Å². The molecule has 0 radical (unpaired) electrons. The Balaban J connectivity index is 1.61. The Kier molecular flexibility index (Phi) is 7.04. The number of piperazine rings is 1. The molecular weight excluding hydrogens is 572 g/mol. The van der Waals surface area contributed by atoms with Gasteiger partial charge in [-0.25, -0.2) is 13.4 Å². The summed E-state index contributed by atoms with van der Waals surface area (Å²) in [5.41, 5.74) is -0.340. The molecule has 0 saturated carbocycles. The van der Waals surface area contributed by atoms with E-state index in [4.69, 9.17) is 4.74 Å². The third kappa shape index (κ3) is 5.53. The summed E-state index contributed by atoms with van der Waals surface area (Å²) in [4.78, 5) is 23.7. The highest BCUT2D eigenvalue weighted by Gasteiger charge is 2.42. The Morgan fingerprint density at radius 3 is 2.29 bits per heavy atom. The van der Waals surface area contributed by atoms with Crippen LogP contribution in [-0.4, -0.2) is 77.9 Å². The van der Waals surface area contributed by atoms with Gasteiger partial charge in [0.2, 0.25) is 21.7 Å². The molecule has 3 aromatic rings. The molecule has 4 rings (SSSR count). The predicted octanol–water partition coefficient (Wildman–Crippen LogP) is 2.98. The molecule has 0 bridgehead atoms. The Morgan fingerprint density at radius 2 is 1.74 bits per heavy atom. The summed E-state index contributed by atoms with van der Waals surface area (Å²) in [6.07, 6.45) is -9.87. The van der Waals surface area contributed by atoms with E-state index in [0.717, 1.165) is 42.7 Å². The maximum atomic E-state index is 13.1. The minimum Gasteiger partial charge on any atom is -0.480 e. The first kappa shape index (κ1) is 27.6. The molecule has 1 aliphatic rings. The zero-order valence-electron chi connectivity index (χ0n) is 18.8. The van der Waals surface area contributed by atoms with Gasteiger partial charge in [0.25, 0.3) is 0 Å². The molecule has 1 fully saturated rings. The minimum absolute atomic E-state index is 0.0591. The van der Waals surface area contributed by atoms with Crippen LogP contribution in [0.2, 0.25) is 0 Å². The summed E-state index contributed by atoms with van der Waals surface area (Å²) in [6.45, 7) is -0.932. The van der Waals surface area contributed by atoms with Crippen LogP contribution >= 0.6 is 11.3 Å². The Labute approximate surface area is 213 Å². The first-order valence-electron chi connectivity index (χ1n) is 10.3. The smallest absolute Gasteiger partial charge is 0.480 e. The van der Waals surface area contributed by atoms with E-state index in [1.807, 2.05) is 0 Å². The predicted molar refractivity (Wildman–Crippen MR) is 117 cm³/mol. The van der Waals surface area contributed by atoms with Gasteiger partial charge in [-0.2, -0.15) is 27.4 Å². The molecule has 206 valence electrons. The van der Waals surface area contributed by atoms with Crippen LogP contribution in [-0.2, 0) is 21.0 Å². The molecule has 1 N–H and O–H groups in total. The number of alkyl halides is 6. The van der Waals surface area contributed by atoms with Crippen LogP contribution in [0.3, 0.4) is 0 Å². The first-order chi connectivity index (χ1) is 17.6. The molecular formula is C19H15F6N5O6S2. The van der Waals surface area contributed by atoms with Gasteiger partial charge < -0.3 is 19.5 Å². The molecule has 3 heterocycles. The highest BCUT2D eigenvalue weighted by molar-refractivity contribution is 7.89. The van der Waals surface area contributed by atoms with Crippen LogP contribution in [0.5, 0.6) is 11.6 Å². The van der Waals surface area contributed by atoms with E-state index in [0.29, 0.717) is 4.31 Å². The normalized spacial score (nSPS) is 17.6. The van der Waals surface area contributed by atoms with Crippen LogP contribution in [0.15, 0.2) is 29.2 Å². The highest BCUT2D eigenvalue weighted by atomic mass is 32.2. The van der Waals surface area contributed by atoms with Crippen molar-refractivity contribution in [2.24, 2.45) is 0 Å². The van der Waals surface area contributed by atoms with Gasteiger partial charge in [0.1, 0.15) is 16.5 Å². The van der Waals surface area contributed by atoms with Gasteiger partial charge in [-0.1, -0.05) is 11.3 Å². The van der Waals surface area contributed by atoms with Gasteiger partial charge >= 0.3 is 18.5 Å². The minimum atomic E-state index is -4.99. The summed E-state index contributed by atoms with van der Waals surface area (Å²) < 4.78 is 112. The number of aliphatic carboxylic acids is 1. The molecule has 11 nitrogen and oxygen atoms in total. The molecule has 1 atom stereocenters. The van der Waals surface area contributed by atoms with Gasteiger partial charge in [0, 0.05) is 19.6 Å². The fraction of sp³-hybridized carbons (Fsp3) is 0.368. The summed E-state index contributed by atoms with van der Waals surface area (Å²) >= 11 is 0.830. The highest BCUT2D eigenvalue weighted by Crippen LogP contribution is 2.37. The zero-order chi connectivity index (χ0) is 28.0. The number of sulfonamides is 1. The van der Waals surface area contributed by atoms with E-state index in [2.05, 4.69) is 19.7 Å². The molecule has 0 unspecified atom stereocenters. The Morgan fingerprint density at radius 1 is 1.08 bits per heavy atom. The van der Waals surface area contributed by atoms with Crippen molar-refractivity contribution in [2.45, 2.75) is 23.5 Å². The average molecular weight is 587 g/mol. The Bertz CT molecular complexity index is 1460. The zero-order valence-corrected chi connectivity index (χ0v) is 20.4. The van der Waals surface area contributed by atoms with E-state index in [1.165, 1.54) is 4.90 Å². The number of ether oxygens (including phenoxy) is 2. The number of hydrogen-bond donors (Lipinski definition) is 1. The third-order valence-corrected chi connectivity index (χ3v) is 8.22. The molecule has 19 heteroatoms. The fourth-order valence-corrected chi connectivity index (χ4v) is 6.14. The number of benzene rings is 1. The van der Waals surface area contributed by atoms with E-state index >= 15 is 0 Å². The second-order valence-electron chi connectivity index (χ2n) is 7.64. The standard InChI is InChI=1S/C19H15F6N5O6S2/c1-35-14-12-13(26-16(28-14)18(20,21)22)27-17(37-12)29-6-7-30(11(8-29)15(31)32)38(33,34)10-4-2-9(3-5-10)36-19(23,24)25/h2-5,11H,6-8H2,1H3,(H,31,32)/t11-/m1/s1. The second-order valence-corrected chi connectivity index (χ2v) is 10.5. The SMILES string of the molecule is COc1nc(C(F)(F)F)nc2nc(N3CCN(S(=O)(=O)c4ccc(OC(F)(F)F)cc4)[C@@H](C(=O)O)C3)sc12. The number of carbonyl (C=O) groups is 1. The molecule has 2 aromatic heterocycles. The number of nitrogens with zero attached hydrogens (tertiary/aromatic N) is 5. The average Bonchev–Trinajstić information content (AvgIpc) is 3.26. The van der Waals surface area contributed by atoms with Crippen molar-refractivity contribution in [3.05, 3.63) is 30.1 Å². The topological polar surface area (TPSA) is 135 Å². The summed E-state index contributed by atoms with van der Waals surface area (Å²) in [7, 11) is -3.37. The van der Waals surface area contributed by atoms with Gasteiger partial charge in [0.05, 0.1) is 12.0 Å². The number of carboxylic acid groups (broad SMARTS) is 1. The largest absolute Gasteiger partial charge is 0.573 e. The lowest BCUT2D eigenvalue weighted by atomic mass is 10.2. The Hall–Kier alpha value is -3.45. The van der Waals surface area contributed by atoms with E-state index < -0.39 is 57.6 Å². The lowest BCUT2D eigenvalue weighted by Gasteiger charge is -2.38. The number of halogens is 6. The molecule has 1 saturated heterocycles. The van der Waals surface area contributed by atoms with Crippen molar-refractivity contribution < 1.29 is 54.1 Å². The second kappa shape index (κ2) is 9.70. The van der Waals surface area contributed by atoms with E-state index in [-0.39, 0.29) is 34.4 Å². The number of aromatic nitrogens is 3. The molecule has 0 spiro atoms. The number of rotatable bonds is 6. The van der Waals surface area contributed by atoms with Crippen LogP contribution in [0.1, 0.15) is 5.82 Å². The monoisotopic (exact) mass is 587 g/mol. The summed E-state index contributed by atoms with van der Waals surface area (Å²) in [5, 5.41) is 9.80. The third-order valence-electron chi connectivity index (χ3n) is 5.21. The summed E-state index contributed by atoms with van der Waals surface area (Å²) in [6, 6.07) is 1.58. The van der Waals surface area contributed by atoms with E-state index in [1.54, 1.807) is 0 Å². The van der Waals surface area contributed by atoms with Crippen LogP contribution < -0.4 is 14.4 Å². The number of thiazole rings is 1. The summed E-state index contributed by atoms with van der Waals surface area (Å²) in [5.74, 6) is -4.07. The lowest BCUT2D eigenvalue weighted by Crippen LogP contribution is -2.58. The number of carboxylic acids is 1. The van der Waals surface area contributed by atoms with Crippen LogP contribution in [0.4, 0.5) is 31.5 Å². The molecule has 38 heavy (non-hydrogen) atoms. The van der Waals surface area contributed by atoms with E-state index in [9.17, 15) is 44.7 Å². The van der Waals surface area contributed by atoms with Gasteiger partial charge in [0.15, 0.2) is 10.8 Å². The van der Waals surface area contributed by atoms with Crippen molar-refractivity contribution in [2.75, 3.05) is 31.6 Å². The molecule has 1 aromatic carbocycles.